The minimum atomic E-state index is -1.49. The van der Waals surface area contributed by atoms with Gasteiger partial charge in [0.25, 0.3) is 0 Å². The van der Waals surface area contributed by atoms with E-state index in [0.717, 1.165) is 0 Å². The van der Waals surface area contributed by atoms with Gasteiger partial charge in [-0.3, -0.25) is 9.48 Å². The number of rotatable bonds is 5. The lowest BCUT2D eigenvalue weighted by Gasteiger charge is -2.21. The van der Waals surface area contributed by atoms with Crippen LogP contribution in [0.25, 0.3) is 0 Å². The van der Waals surface area contributed by atoms with Crippen LogP contribution >= 0.6 is 0 Å². The molecule has 0 aliphatic carbocycles. The molecule has 8 heteroatoms. The molecule has 4 N–H and O–H groups in total. The number of nitrogens with zero attached hydrogens (tertiary/aromatic N) is 2. The zero-order valence-corrected chi connectivity index (χ0v) is 11.1. The molecule has 2 amide bonds. The SMILES string of the molecule is Cc1nn(C)cc1NC(=O)NCC(C)(O)CC(=O)O. The number of aliphatic hydroxyl groups is 1. The van der Waals surface area contributed by atoms with Gasteiger partial charge in [0.2, 0.25) is 0 Å². The molecule has 1 atom stereocenters. The van der Waals surface area contributed by atoms with Crippen LogP contribution in [-0.2, 0) is 11.8 Å². The second-order valence-electron chi connectivity index (χ2n) is 4.68. The number of aryl methyl sites for hydroxylation is 2. The normalized spacial score (nSPS) is 13.7. The average Bonchev–Trinajstić information content (AvgIpc) is 2.53. The fourth-order valence-electron chi connectivity index (χ4n) is 1.55. The van der Waals surface area contributed by atoms with Crippen molar-refractivity contribution >= 4 is 17.7 Å². The van der Waals surface area contributed by atoms with Crippen molar-refractivity contribution in [2.24, 2.45) is 7.05 Å². The van der Waals surface area contributed by atoms with E-state index in [0.29, 0.717) is 11.4 Å². The molecular formula is C11H18N4O4. The van der Waals surface area contributed by atoms with Crippen molar-refractivity contribution in [1.82, 2.24) is 15.1 Å². The monoisotopic (exact) mass is 270 g/mol. The molecule has 1 heterocycles. The quantitative estimate of drug-likeness (QED) is 0.604. The zero-order chi connectivity index (χ0) is 14.6. The van der Waals surface area contributed by atoms with Gasteiger partial charge in [-0.2, -0.15) is 5.10 Å². The summed E-state index contributed by atoms with van der Waals surface area (Å²) in [7, 11) is 1.73. The Kier molecular flexibility index (Phi) is 4.49. The first-order chi connectivity index (χ1) is 8.69. The molecule has 0 bridgehead atoms. The van der Waals surface area contributed by atoms with Gasteiger partial charge in [-0.15, -0.1) is 0 Å². The number of aliphatic carboxylic acids is 1. The van der Waals surface area contributed by atoms with Gasteiger partial charge in [-0.25, -0.2) is 4.79 Å². The number of hydrogen-bond acceptors (Lipinski definition) is 4. The summed E-state index contributed by atoms with van der Waals surface area (Å²) in [6.45, 7) is 2.93. The summed E-state index contributed by atoms with van der Waals surface area (Å²) in [6.07, 6.45) is 1.20. The van der Waals surface area contributed by atoms with E-state index in [1.54, 1.807) is 24.9 Å². The smallest absolute Gasteiger partial charge is 0.319 e. The first kappa shape index (κ1) is 15.0. The van der Waals surface area contributed by atoms with Crippen LogP contribution in [0.3, 0.4) is 0 Å². The van der Waals surface area contributed by atoms with Gasteiger partial charge in [-0.1, -0.05) is 0 Å². The van der Waals surface area contributed by atoms with Crippen LogP contribution in [-0.4, -0.2) is 44.1 Å². The largest absolute Gasteiger partial charge is 0.481 e. The molecule has 8 nitrogen and oxygen atoms in total. The van der Waals surface area contributed by atoms with E-state index < -0.39 is 24.0 Å². The van der Waals surface area contributed by atoms with E-state index >= 15 is 0 Å². The lowest BCUT2D eigenvalue weighted by Crippen LogP contribution is -2.43. The number of carboxylic acid groups (broad SMARTS) is 1. The van der Waals surface area contributed by atoms with Gasteiger partial charge < -0.3 is 20.8 Å². The summed E-state index contributed by atoms with van der Waals surface area (Å²) in [4.78, 5) is 22.1. The summed E-state index contributed by atoms with van der Waals surface area (Å²) < 4.78 is 1.56. The molecule has 0 aliphatic heterocycles. The van der Waals surface area contributed by atoms with Crippen molar-refractivity contribution in [3.05, 3.63) is 11.9 Å². The molecule has 0 aliphatic rings. The second-order valence-corrected chi connectivity index (χ2v) is 4.68. The van der Waals surface area contributed by atoms with Gasteiger partial charge in [0.05, 0.1) is 23.4 Å². The van der Waals surface area contributed by atoms with Gasteiger partial charge in [-0.05, 0) is 13.8 Å². The number of urea groups is 1. The Morgan fingerprint density at radius 2 is 2.16 bits per heavy atom. The van der Waals surface area contributed by atoms with Crippen molar-refractivity contribution in [2.75, 3.05) is 11.9 Å². The molecule has 106 valence electrons. The van der Waals surface area contributed by atoms with Gasteiger partial charge >= 0.3 is 12.0 Å². The van der Waals surface area contributed by atoms with Crippen molar-refractivity contribution in [3.63, 3.8) is 0 Å². The molecule has 19 heavy (non-hydrogen) atoms. The van der Waals surface area contributed by atoms with E-state index in [1.807, 2.05) is 0 Å². The Balaban J connectivity index is 2.48. The third-order valence-corrected chi connectivity index (χ3v) is 2.42. The summed E-state index contributed by atoms with van der Waals surface area (Å²) in [6, 6.07) is -0.526. The van der Waals surface area contributed by atoms with Crippen LogP contribution < -0.4 is 10.6 Å². The highest BCUT2D eigenvalue weighted by Crippen LogP contribution is 2.11. The molecule has 0 saturated carbocycles. The maximum Gasteiger partial charge on any atom is 0.319 e. The van der Waals surface area contributed by atoms with Crippen molar-refractivity contribution in [2.45, 2.75) is 25.9 Å². The standard InChI is InChI=1S/C11H18N4O4/c1-7-8(5-15(3)14-7)13-10(18)12-6-11(2,19)4-9(16)17/h5,19H,4,6H2,1-3H3,(H,16,17)(H2,12,13,18). The third kappa shape index (κ3) is 4.96. The Hall–Kier alpha value is -2.09. The van der Waals surface area contributed by atoms with Crippen molar-refractivity contribution < 1.29 is 19.8 Å². The number of carbonyl (C=O) groups is 2. The van der Waals surface area contributed by atoms with Crippen LogP contribution in [0.5, 0.6) is 0 Å². The van der Waals surface area contributed by atoms with Crippen LogP contribution in [0.15, 0.2) is 6.20 Å². The summed E-state index contributed by atoms with van der Waals surface area (Å²) in [5.74, 6) is -1.13. The Morgan fingerprint density at radius 1 is 1.53 bits per heavy atom. The lowest BCUT2D eigenvalue weighted by molar-refractivity contribution is -0.141. The molecule has 0 aromatic carbocycles. The van der Waals surface area contributed by atoms with Crippen LogP contribution in [0.1, 0.15) is 19.0 Å². The number of carbonyl (C=O) groups excluding carboxylic acids is 1. The number of hydrogen-bond donors (Lipinski definition) is 4. The highest BCUT2D eigenvalue weighted by molar-refractivity contribution is 5.89. The van der Waals surface area contributed by atoms with Crippen molar-refractivity contribution in [3.8, 4) is 0 Å². The minimum absolute atomic E-state index is 0.162. The van der Waals surface area contributed by atoms with Gasteiger partial charge in [0.15, 0.2) is 0 Å². The van der Waals surface area contributed by atoms with E-state index in [-0.39, 0.29) is 6.54 Å². The zero-order valence-electron chi connectivity index (χ0n) is 11.1. The minimum Gasteiger partial charge on any atom is -0.481 e. The Morgan fingerprint density at radius 3 is 2.63 bits per heavy atom. The first-order valence-corrected chi connectivity index (χ1v) is 5.69. The molecule has 1 unspecified atom stereocenters. The van der Waals surface area contributed by atoms with E-state index in [9.17, 15) is 14.7 Å². The maximum absolute atomic E-state index is 11.6. The van der Waals surface area contributed by atoms with E-state index in [1.165, 1.54) is 6.92 Å². The molecule has 0 fully saturated rings. The summed E-state index contributed by atoms with van der Waals surface area (Å²) in [5.41, 5.74) is -0.277. The topological polar surface area (TPSA) is 116 Å². The van der Waals surface area contributed by atoms with E-state index in [2.05, 4.69) is 15.7 Å². The number of amides is 2. The number of carboxylic acids is 1. The Bertz CT molecular complexity index is 481. The molecule has 0 radical (unpaired) electrons. The van der Waals surface area contributed by atoms with Crippen LogP contribution in [0.2, 0.25) is 0 Å². The highest BCUT2D eigenvalue weighted by Gasteiger charge is 2.24. The first-order valence-electron chi connectivity index (χ1n) is 5.69. The van der Waals surface area contributed by atoms with Crippen LogP contribution in [0.4, 0.5) is 10.5 Å². The van der Waals surface area contributed by atoms with Gasteiger partial charge in [0, 0.05) is 19.8 Å². The summed E-state index contributed by atoms with van der Waals surface area (Å²) in [5, 5.41) is 27.3. The molecule has 0 spiro atoms. The number of anilines is 1. The van der Waals surface area contributed by atoms with Crippen LogP contribution in [0, 0.1) is 6.92 Å². The third-order valence-electron chi connectivity index (χ3n) is 2.42. The van der Waals surface area contributed by atoms with E-state index in [4.69, 9.17) is 5.11 Å². The molecule has 0 saturated heterocycles. The predicted octanol–water partition coefficient (Wildman–Crippen LogP) is 0.0757. The average molecular weight is 270 g/mol. The number of nitrogens with one attached hydrogen (secondary N) is 2. The van der Waals surface area contributed by atoms with Gasteiger partial charge in [0.1, 0.15) is 0 Å². The Labute approximate surface area is 110 Å². The fourth-order valence-corrected chi connectivity index (χ4v) is 1.55. The lowest BCUT2D eigenvalue weighted by atomic mass is 10.0. The number of aromatic nitrogens is 2. The second kappa shape index (κ2) is 5.70. The highest BCUT2D eigenvalue weighted by atomic mass is 16.4. The predicted molar refractivity (Wildman–Crippen MR) is 67.8 cm³/mol. The maximum atomic E-state index is 11.6. The fraction of sp³-hybridized carbons (Fsp3) is 0.545. The molecule has 1 aromatic rings. The molecule has 1 aromatic heterocycles. The molecular weight excluding hydrogens is 252 g/mol. The van der Waals surface area contributed by atoms with Crippen molar-refractivity contribution in [1.29, 1.82) is 0 Å². The summed E-state index contributed by atoms with van der Waals surface area (Å²) >= 11 is 0. The molecule has 1 rings (SSSR count).